The van der Waals surface area contributed by atoms with Gasteiger partial charge in [-0.05, 0) is 38.1 Å². The number of aromatic nitrogens is 3. The molecule has 0 N–H and O–H groups in total. The van der Waals surface area contributed by atoms with Gasteiger partial charge in [0, 0.05) is 19.6 Å². The first-order chi connectivity index (χ1) is 12.3. The standard InChI is InChI=1S/C18H29N5O2/c24-18(23-8-9-25-17-6-2-1-5-16(17)23)12-21-7-3-4-15(10-21)11-22-14-19-13-20-22/h13-17H,1-12H2/t15-,16+,17+/m0/s1. The molecule has 0 spiro atoms. The van der Waals surface area contributed by atoms with Gasteiger partial charge >= 0.3 is 0 Å². The molecule has 0 unspecified atom stereocenters. The fourth-order valence-electron chi connectivity index (χ4n) is 4.72. The highest BCUT2D eigenvalue weighted by Gasteiger charge is 2.37. The number of amides is 1. The first kappa shape index (κ1) is 17.0. The lowest BCUT2D eigenvalue weighted by molar-refractivity contribution is -0.151. The van der Waals surface area contributed by atoms with Gasteiger partial charge in [0.1, 0.15) is 12.7 Å². The Balaban J connectivity index is 1.32. The number of fused-ring (bicyclic) bond motifs is 1. The van der Waals surface area contributed by atoms with E-state index in [9.17, 15) is 4.79 Å². The molecule has 1 aliphatic carbocycles. The van der Waals surface area contributed by atoms with Gasteiger partial charge in [0.25, 0.3) is 0 Å². The van der Waals surface area contributed by atoms with Crippen LogP contribution in [0.25, 0.3) is 0 Å². The number of ether oxygens (including phenoxy) is 1. The van der Waals surface area contributed by atoms with Crippen molar-refractivity contribution in [2.75, 3.05) is 32.8 Å². The molecule has 1 amide bonds. The highest BCUT2D eigenvalue weighted by molar-refractivity contribution is 5.78. The zero-order valence-corrected chi connectivity index (χ0v) is 14.9. The van der Waals surface area contributed by atoms with Gasteiger partial charge in [-0.15, -0.1) is 0 Å². The molecule has 0 radical (unpaired) electrons. The molecule has 138 valence electrons. The van der Waals surface area contributed by atoms with Crippen LogP contribution >= 0.6 is 0 Å². The lowest BCUT2D eigenvalue weighted by Crippen LogP contribution is -2.57. The van der Waals surface area contributed by atoms with E-state index in [1.165, 1.54) is 19.3 Å². The maximum Gasteiger partial charge on any atom is 0.237 e. The van der Waals surface area contributed by atoms with Crippen molar-refractivity contribution >= 4 is 5.91 Å². The summed E-state index contributed by atoms with van der Waals surface area (Å²) in [4.78, 5) is 21.4. The van der Waals surface area contributed by atoms with E-state index in [0.29, 0.717) is 31.0 Å². The highest BCUT2D eigenvalue weighted by Crippen LogP contribution is 2.28. The maximum atomic E-state index is 12.9. The zero-order chi connectivity index (χ0) is 17.1. The zero-order valence-electron chi connectivity index (χ0n) is 14.9. The smallest absolute Gasteiger partial charge is 0.237 e. The third kappa shape index (κ3) is 4.03. The van der Waals surface area contributed by atoms with Crippen LogP contribution in [0.1, 0.15) is 38.5 Å². The molecule has 3 atom stereocenters. The summed E-state index contributed by atoms with van der Waals surface area (Å²) in [6.07, 6.45) is 10.7. The summed E-state index contributed by atoms with van der Waals surface area (Å²) in [5.41, 5.74) is 0. The Morgan fingerprint density at radius 2 is 2.08 bits per heavy atom. The van der Waals surface area contributed by atoms with Crippen molar-refractivity contribution in [3.8, 4) is 0 Å². The van der Waals surface area contributed by atoms with E-state index < -0.39 is 0 Å². The lowest BCUT2D eigenvalue weighted by Gasteiger charge is -2.44. The Bertz CT molecular complexity index is 562. The van der Waals surface area contributed by atoms with E-state index in [1.54, 1.807) is 12.7 Å². The molecule has 1 saturated carbocycles. The van der Waals surface area contributed by atoms with Crippen molar-refractivity contribution in [3.05, 3.63) is 12.7 Å². The predicted octanol–water partition coefficient (Wildman–Crippen LogP) is 1.16. The fraction of sp³-hybridized carbons (Fsp3) is 0.833. The van der Waals surface area contributed by atoms with Crippen LogP contribution in [-0.4, -0.2) is 75.4 Å². The Morgan fingerprint density at radius 3 is 2.96 bits per heavy atom. The quantitative estimate of drug-likeness (QED) is 0.818. The van der Waals surface area contributed by atoms with Gasteiger partial charge < -0.3 is 9.64 Å². The number of morpholine rings is 1. The lowest BCUT2D eigenvalue weighted by atomic mass is 9.90. The van der Waals surface area contributed by atoms with Crippen molar-refractivity contribution in [2.24, 2.45) is 5.92 Å². The summed E-state index contributed by atoms with van der Waals surface area (Å²) in [7, 11) is 0. The molecule has 0 aromatic carbocycles. The predicted molar refractivity (Wildman–Crippen MR) is 92.9 cm³/mol. The summed E-state index contributed by atoms with van der Waals surface area (Å²) in [5.74, 6) is 0.844. The topological polar surface area (TPSA) is 63.5 Å². The molecule has 2 saturated heterocycles. The van der Waals surface area contributed by atoms with Crippen molar-refractivity contribution in [1.82, 2.24) is 24.6 Å². The summed E-state index contributed by atoms with van der Waals surface area (Å²) in [6, 6.07) is 0.311. The van der Waals surface area contributed by atoms with Crippen LogP contribution in [0, 0.1) is 5.92 Å². The molecule has 7 nitrogen and oxygen atoms in total. The minimum atomic E-state index is 0.271. The largest absolute Gasteiger partial charge is 0.374 e. The van der Waals surface area contributed by atoms with Crippen LogP contribution in [0.2, 0.25) is 0 Å². The van der Waals surface area contributed by atoms with Crippen molar-refractivity contribution in [3.63, 3.8) is 0 Å². The number of carbonyl (C=O) groups is 1. The van der Waals surface area contributed by atoms with Crippen LogP contribution in [0.3, 0.4) is 0 Å². The van der Waals surface area contributed by atoms with E-state index in [2.05, 4.69) is 19.9 Å². The van der Waals surface area contributed by atoms with Crippen molar-refractivity contribution in [1.29, 1.82) is 0 Å². The SMILES string of the molecule is O=C(CN1CCC[C@H](Cn2cncn2)C1)N1CCO[C@@H]2CCCC[C@H]21. The molecule has 2 aliphatic heterocycles. The summed E-state index contributed by atoms with van der Waals surface area (Å²) in [5, 5.41) is 4.21. The van der Waals surface area contributed by atoms with Gasteiger partial charge in [0.2, 0.25) is 5.91 Å². The van der Waals surface area contributed by atoms with Gasteiger partial charge in [0.15, 0.2) is 0 Å². The molecular formula is C18H29N5O2. The van der Waals surface area contributed by atoms with Crippen LogP contribution in [0.5, 0.6) is 0 Å². The average Bonchev–Trinajstić information content (AvgIpc) is 3.14. The summed E-state index contributed by atoms with van der Waals surface area (Å²) in [6.45, 7) is 4.91. The summed E-state index contributed by atoms with van der Waals surface area (Å²) < 4.78 is 7.81. The van der Waals surface area contributed by atoms with Crippen LogP contribution < -0.4 is 0 Å². The highest BCUT2D eigenvalue weighted by atomic mass is 16.5. The number of piperidine rings is 1. The minimum absolute atomic E-state index is 0.271. The van der Waals surface area contributed by atoms with Gasteiger partial charge in [0.05, 0.1) is 25.3 Å². The maximum absolute atomic E-state index is 12.9. The second-order valence-electron chi connectivity index (χ2n) is 7.71. The number of hydrogen-bond acceptors (Lipinski definition) is 5. The van der Waals surface area contributed by atoms with Crippen molar-refractivity contribution < 1.29 is 9.53 Å². The average molecular weight is 347 g/mol. The van der Waals surface area contributed by atoms with Crippen LogP contribution in [-0.2, 0) is 16.1 Å². The van der Waals surface area contributed by atoms with Gasteiger partial charge in [-0.3, -0.25) is 14.4 Å². The second kappa shape index (κ2) is 7.83. The molecule has 3 fully saturated rings. The Hall–Kier alpha value is -1.47. The number of rotatable bonds is 4. The molecule has 25 heavy (non-hydrogen) atoms. The number of carbonyl (C=O) groups excluding carboxylic acids is 1. The Kier molecular flexibility index (Phi) is 5.31. The first-order valence-corrected chi connectivity index (χ1v) is 9.75. The van der Waals surface area contributed by atoms with E-state index in [-0.39, 0.29) is 6.10 Å². The normalized spacial score (nSPS) is 30.9. The van der Waals surface area contributed by atoms with Gasteiger partial charge in [-0.2, -0.15) is 5.10 Å². The van der Waals surface area contributed by atoms with E-state index in [1.807, 2.05) is 4.68 Å². The molecule has 7 heteroatoms. The number of nitrogens with zero attached hydrogens (tertiary/aromatic N) is 5. The third-order valence-electron chi connectivity index (χ3n) is 5.93. The van der Waals surface area contributed by atoms with E-state index >= 15 is 0 Å². The molecule has 4 rings (SSSR count). The summed E-state index contributed by atoms with van der Waals surface area (Å²) >= 11 is 0. The molecule has 3 aliphatic rings. The number of hydrogen-bond donors (Lipinski definition) is 0. The first-order valence-electron chi connectivity index (χ1n) is 9.75. The molecule has 1 aromatic rings. The number of likely N-dealkylation sites (tertiary alicyclic amines) is 1. The fourth-order valence-corrected chi connectivity index (χ4v) is 4.72. The van der Waals surface area contributed by atoms with Crippen LogP contribution in [0.15, 0.2) is 12.7 Å². The minimum Gasteiger partial charge on any atom is -0.374 e. The molecule has 1 aromatic heterocycles. The molecule has 3 heterocycles. The molecule has 0 bridgehead atoms. The van der Waals surface area contributed by atoms with E-state index in [4.69, 9.17) is 4.74 Å². The second-order valence-corrected chi connectivity index (χ2v) is 7.71. The van der Waals surface area contributed by atoms with Crippen LogP contribution in [0.4, 0.5) is 0 Å². The van der Waals surface area contributed by atoms with Gasteiger partial charge in [-0.25, -0.2) is 4.98 Å². The van der Waals surface area contributed by atoms with E-state index in [0.717, 1.165) is 45.4 Å². The Labute approximate surface area is 149 Å². The Morgan fingerprint density at radius 1 is 1.16 bits per heavy atom. The molecular weight excluding hydrogens is 318 g/mol. The van der Waals surface area contributed by atoms with Gasteiger partial charge in [-0.1, -0.05) is 12.8 Å². The monoisotopic (exact) mass is 347 g/mol. The third-order valence-corrected chi connectivity index (χ3v) is 5.93. The van der Waals surface area contributed by atoms with Crippen molar-refractivity contribution in [2.45, 2.75) is 57.2 Å².